The summed E-state index contributed by atoms with van der Waals surface area (Å²) in [5, 5.41) is 7.35. The molecule has 2 aromatic heterocycles. The summed E-state index contributed by atoms with van der Waals surface area (Å²) in [5.41, 5.74) is 3.76. The fourth-order valence-electron chi connectivity index (χ4n) is 2.81. The van der Waals surface area contributed by atoms with Gasteiger partial charge in [0.2, 0.25) is 0 Å². The molecule has 1 amide bonds. The predicted molar refractivity (Wildman–Crippen MR) is 90.6 cm³/mol. The summed E-state index contributed by atoms with van der Waals surface area (Å²) < 4.78 is 1.94. The summed E-state index contributed by atoms with van der Waals surface area (Å²) in [5.74, 6) is -0.103. The third-order valence-corrected chi connectivity index (χ3v) is 4.26. The van der Waals surface area contributed by atoms with Crippen LogP contribution in [0.4, 0.5) is 0 Å². The number of fused-ring (bicyclic) bond motifs is 1. The molecule has 8 heteroatoms. The number of rotatable bonds is 6. The van der Waals surface area contributed by atoms with E-state index in [1.165, 1.54) is 0 Å². The second-order valence-corrected chi connectivity index (χ2v) is 6.49. The maximum absolute atomic E-state index is 12.2. The van der Waals surface area contributed by atoms with Crippen molar-refractivity contribution >= 4 is 5.91 Å². The lowest BCUT2D eigenvalue weighted by Gasteiger charge is -2.26. The lowest BCUT2D eigenvalue weighted by molar-refractivity contribution is 0.0945. The minimum absolute atomic E-state index is 0.103. The molecule has 8 nitrogen and oxygen atoms in total. The molecule has 0 aromatic carbocycles. The van der Waals surface area contributed by atoms with E-state index >= 15 is 0 Å². The molecule has 24 heavy (non-hydrogen) atoms. The highest BCUT2D eigenvalue weighted by Gasteiger charge is 2.21. The number of amides is 1. The van der Waals surface area contributed by atoms with Crippen molar-refractivity contribution in [3.8, 4) is 0 Å². The molecule has 1 aliphatic rings. The van der Waals surface area contributed by atoms with E-state index in [0.29, 0.717) is 12.2 Å². The Balaban J connectivity index is 1.60. The minimum atomic E-state index is -0.103. The van der Waals surface area contributed by atoms with Crippen LogP contribution in [0.15, 0.2) is 12.4 Å². The van der Waals surface area contributed by atoms with Crippen LogP contribution < -0.4 is 5.32 Å². The van der Waals surface area contributed by atoms with Crippen LogP contribution in [0.25, 0.3) is 0 Å². The summed E-state index contributed by atoms with van der Waals surface area (Å²) in [7, 11) is 3.97. The average Bonchev–Trinajstić information content (AvgIpc) is 3.13. The Morgan fingerprint density at radius 1 is 1.42 bits per heavy atom. The molecule has 0 spiro atoms. The molecule has 0 fully saturated rings. The largest absolute Gasteiger partial charge is 0.349 e. The zero-order chi connectivity index (χ0) is 17.1. The van der Waals surface area contributed by atoms with Crippen LogP contribution >= 0.6 is 0 Å². The van der Waals surface area contributed by atoms with Crippen LogP contribution in [0, 0.1) is 6.92 Å². The quantitative estimate of drug-likeness (QED) is 0.791. The number of nitrogens with zero attached hydrogens (tertiary/aromatic N) is 5. The van der Waals surface area contributed by atoms with Gasteiger partial charge in [0, 0.05) is 38.4 Å². The zero-order valence-electron chi connectivity index (χ0n) is 14.5. The minimum Gasteiger partial charge on any atom is -0.349 e. The van der Waals surface area contributed by atoms with Crippen molar-refractivity contribution in [3.63, 3.8) is 0 Å². The lowest BCUT2D eigenvalue weighted by Crippen LogP contribution is -2.33. The highest BCUT2D eigenvalue weighted by atomic mass is 16.1. The van der Waals surface area contributed by atoms with Gasteiger partial charge in [0.05, 0.1) is 24.3 Å². The second kappa shape index (κ2) is 7.14. The van der Waals surface area contributed by atoms with Crippen molar-refractivity contribution in [1.29, 1.82) is 0 Å². The normalized spacial score (nSPS) is 14.8. The van der Waals surface area contributed by atoms with Gasteiger partial charge in [-0.1, -0.05) is 0 Å². The average molecular weight is 331 g/mol. The van der Waals surface area contributed by atoms with E-state index in [1.54, 1.807) is 6.33 Å². The number of hydrogen-bond donors (Lipinski definition) is 2. The van der Waals surface area contributed by atoms with Gasteiger partial charge in [-0.25, -0.2) is 4.98 Å². The first kappa shape index (κ1) is 16.7. The van der Waals surface area contributed by atoms with Gasteiger partial charge in [0.1, 0.15) is 5.69 Å². The fourth-order valence-corrected chi connectivity index (χ4v) is 2.81. The first-order chi connectivity index (χ1) is 11.5. The molecule has 0 aliphatic carbocycles. The van der Waals surface area contributed by atoms with Gasteiger partial charge in [0.25, 0.3) is 5.91 Å². The van der Waals surface area contributed by atoms with Crippen LogP contribution in [0.3, 0.4) is 0 Å². The standard InChI is InChI=1S/C16H25N7O/c1-12-15(19-11-18-12)10-22-6-7-23-13(9-22)8-14(20-23)16(24)17-4-5-21(2)3/h8,11H,4-7,9-10H2,1-3H3,(H,17,24)(H,18,19). The van der Waals surface area contributed by atoms with Gasteiger partial charge in [-0.2, -0.15) is 5.10 Å². The molecular weight excluding hydrogens is 306 g/mol. The smallest absolute Gasteiger partial charge is 0.271 e. The van der Waals surface area contributed by atoms with Gasteiger partial charge >= 0.3 is 0 Å². The third-order valence-electron chi connectivity index (χ3n) is 4.26. The fraction of sp³-hybridized carbons (Fsp3) is 0.562. The zero-order valence-corrected chi connectivity index (χ0v) is 14.5. The Kier molecular flexibility index (Phi) is 4.96. The molecule has 130 valence electrons. The van der Waals surface area contributed by atoms with E-state index in [2.05, 4.69) is 25.3 Å². The molecule has 0 saturated carbocycles. The number of imidazole rings is 1. The van der Waals surface area contributed by atoms with E-state index in [9.17, 15) is 4.79 Å². The van der Waals surface area contributed by atoms with E-state index in [4.69, 9.17) is 0 Å². The van der Waals surface area contributed by atoms with E-state index in [0.717, 1.165) is 49.8 Å². The topological polar surface area (TPSA) is 82.1 Å². The number of nitrogens with one attached hydrogen (secondary N) is 2. The first-order valence-corrected chi connectivity index (χ1v) is 8.24. The number of H-pyrrole nitrogens is 1. The van der Waals surface area contributed by atoms with Gasteiger partial charge in [0.15, 0.2) is 0 Å². The third kappa shape index (κ3) is 3.82. The molecule has 2 N–H and O–H groups in total. The van der Waals surface area contributed by atoms with Crippen LogP contribution in [0.2, 0.25) is 0 Å². The molecule has 3 heterocycles. The van der Waals surface area contributed by atoms with Crippen LogP contribution in [-0.2, 0) is 19.6 Å². The van der Waals surface area contributed by atoms with Crippen molar-refractivity contribution in [2.45, 2.75) is 26.6 Å². The molecule has 1 aliphatic heterocycles. The summed E-state index contributed by atoms with van der Waals surface area (Å²) in [6, 6.07) is 1.90. The summed E-state index contributed by atoms with van der Waals surface area (Å²) in [6.07, 6.45) is 1.73. The highest BCUT2D eigenvalue weighted by molar-refractivity contribution is 5.92. The first-order valence-electron chi connectivity index (χ1n) is 8.24. The van der Waals surface area contributed by atoms with Crippen LogP contribution in [0.5, 0.6) is 0 Å². The molecule has 0 unspecified atom stereocenters. The van der Waals surface area contributed by atoms with Crippen molar-refractivity contribution in [2.24, 2.45) is 0 Å². The highest BCUT2D eigenvalue weighted by Crippen LogP contribution is 2.16. The van der Waals surface area contributed by atoms with Crippen LogP contribution in [0.1, 0.15) is 27.6 Å². The number of aryl methyl sites for hydroxylation is 1. The maximum Gasteiger partial charge on any atom is 0.271 e. The van der Waals surface area contributed by atoms with Crippen molar-refractivity contribution in [1.82, 2.24) is 34.9 Å². The van der Waals surface area contributed by atoms with Gasteiger partial charge in [-0.3, -0.25) is 14.4 Å². The molecule has 3 rings (SSSR count). The van der Waals surface area contributed by atoms with Crippen molar-refractivity contribution in [2.75, 3.05) is 33.7 Å². The number of aromatic nitrogens is 4. The van der Waals surface area contributed by atoms with Crippen molar-refractivity contribution in [3.05, 3.63) is 35.2 Å². The molecule has 0 bridgehead atoms. The molecular formula is C16H25N7O. The number of carbonyl (C=O) groups excluding carboxylic acids is 1. The molecule has 0 atom stereocenters. The van der Waals surface area contributed by atoms with Gasteiger partial charge in [-0.15, -0.1) is 0 Å². The maximum atomic E-state index is 12.2. The Labute approximate surface area is 141 Å². The van der Waals surface area contributed by atoms with Crippen molar-refractivity contribution < 1.29 is 4.79 Å². The predicted octanol–water partition coefficient (Wildman–Crippen LogP) is 0.222. The number of aromatic amines is 1. The van der Waals surface area contributed by atoms with Gasteiger partial charge < -0.3 is 15.2 Å². The Morgan fingerprint density at radius 3 is 2.96 bits per heavy atom. The Morgan fingerprint density at radius 2 is 2.25 bits per heavy atom. The summed E-state index contributed by atoms with van der Waals surface area (Å²) >= 11 is 0. The number of carbonyl (C=O) groups is 1. The molecule has 0 saturated heterocycles. The lowest BCUT2D eigenvalue weighted by atomic mass is 10.2. The molecule has 2 aromatic rings. The van der Waals surface area contributed by atoms with E-state index in [-0.39, 0.29) is 5.91 Å². The molecule has 0 radical (unpaired) electrons. The summed E-state index contributed by atoms with van der Waals surface area (Å²) in [4.78, 5) is 24.0. The van der Waals surface area contributed by atoms with Crippen LogP contribution in [-0.4, -0.2) is 69.2 Å². The monoisotopic (exact) mass is 331 g/mol. The Hall–Kier alpha value is -2.19. The SMILES string of the molecule is Cc1[nH]cnc1CN1CCn2nc(C(=O)NCCN(C)C)cc2C1. The van der Waals surface area contributed by atoms with E-state index < -0.39 is 0 Å². The number of likely N-dealkylation sites (N-methyl/N-ethyl adjacent to an activating group) is 1. The van der Waals surface area contributed by atoms with E-state index in [1.807, 2.05) is 36.7 Å². The number of hydrogen-bond acceptors (Lipinski definition) is 5. The second-order valence-electron chi connectivity index (χ2n) is 6.49. The van der Waals surface area contributed by atoms with Gasteiger partial charge in [-0.05, 0) is 27.1 Å². The Bertz CT molecular complexity index is 703. The summed E-state index contributed by atoms with van der Waals surface area (Å²) in [6.45, 7) is 6.77.